The smallest absolute Gasteiger partial charge is 0.252 e. The molecule has 1 atom stereocenters. The zero-order valence-corrected chi connectivity index (χ0v) is 24.1. The monoisotopic (exact) mass is 552 g/mol. The average molecular weight is 553 g/mol. The summed E-state index contributed by atoms with van der Waals surface area (Å²) in [6, 6.07) is 24.0. The molecule has 0 spiro atoms. The summed E-state index contributed by atoms with van der Waals surface area (Å²) in [5.74, 6) is 1.12. The number of nitrogens with two attached hydrogens (primary N) is 1. The number of carbonyl (C=O) groups excluding carboxylic acids is 1. The largest absolute Gasteiger partial charge is 0.507 e. The normalized spacial score (nSPS) is 15.6. The maximum atomic E-state index is 11.7. The number of phenols is 1. The highest BCUT2D eigenvalue weighted by atomic mass is 16.5. The van der Waals surface area contributed by atoms with E-state index in [4.69, 9.17) is 15.5 Å². The molecule has 0 saturated carbocycles. The van der Waals surface area contributed by atoms with E-state index in [9.17, 15) is 9.90 Å². The number of ether oxygens (including phenoxy) is 1. The molecule has 1 aromatic heterocycles. The molecule has 41 heavy (non-hydrogen) atoms. The topological polar surface area (TPSA) is 93.6 Å². The molecule has 3 N–H and O–H groups in total. The fourth-order valence-corrected chi connectivity index (χ4v) is 5.91. The zero-order valence-electron chi connectivity index (χ0n) is 24.1. The van der Waals surface area contributed by atoms with Gasteiger partial charge in [-0.3, -0.25) is 9.69 Å². The van der Waals surface area contributed by atoms with Gasteiger partial charge in [0.1, 0.15) is 17.3 Å². The molecule has 1 unspecified atom stereocenters. The fourth-order valence-electron chi connectivity index (χ4n) is 5.91. The summed E-state index contributed by atoms with van der Waals surface area (Å²) in [7, 11) is 1.68. The van der Waals surface area contributed by atoms with Gasteiger partial charge in [-0.2, -0.15) is 0 Å². The molecule has 214 valence electrons. The van der Waals surface area contributed by atoms with Gasteiger partial charge in [-0.1, -0.05) is 62.6 Å². The third-order valence-electron chi connectivity index (χ3n) is 8.09. The molecule has 1 aliphatic heterocycles. The first-order valence-corrected chi connectivity index (χ1v) is 14.7. The Labute approximate surface area is 242 Å². The van der Waals surface area contributed by atoms with Gasteiger partial charge in [-0.15, -0.1) is 0 Å². The molecule has 7 nitrogen and oxygen atoms in total. The Bertz CT molecular complexity index is 1460. The predicted octanol–water partition coefficient (Wildman–Crippen LogP) is 6.95. The van der Waals surface area contributed by atoms with Gasteiger partial charge in [0.2, 0.25) is 0 Å². The van der Waals surface area contributed by atoms with Crippen molar-refractivity contribution in [2.75, 3.05) is 13.7 Å². The van der Waals surface area contributed by atoms with Gasteiger partial charge in [-0.25, -0.2) is 4.98 Å². The molecule has 5 rings (SSSR count). The highest BCUT2D eigenvalue weighted by Crippen LogP contribution is 2.38. The van der Waals surface area contributed by atoms with Crippen molar-refractivity contribution in [2.45, 2.75) is 64.6 Å². The highest BCUT2D eigenvalue weighted by molar-refractivity contribution is 5.95. The number of likely N-dealkylation sites (tertiary alicyclic amines) is 1. The van der Waals surface area contributed by atoms with Crippen LogP contribution >= 0.6 is 0 Å². The second kappa shape index (κ2) is 13.0. The molecule has 1 amide bonds. The number of benzene rings is 3. The van der Waals surface area contributed by atoms with Crippen LogP contribution in [-0.2, 0) is 13.1 Å². The standard InChI is InChI=1S/C34H40N4O3/c1-3-4-9-21-38-30(23-37-20-10-8-13-29(37)26-16-19-28(33(35)40)31(39)22-26)32(24-14-17-27(41-2)18-15-24)36-34(38)25-11-6-5-7-12-25/h5-7,11-12,14-19,22,29,39H,3-4,8-10,13,20-21,23H2,1-2H3,(H2,35,40). The summed E-state index contributed by atoms with van der Waals surface area (Å²) in [5, 5.41) is 10.6. The minimum absolute atomic E-state index is 0.0598. The van der Waals surface area contributed by atoms with Gasteiger partial charge in [0.25, 0.3) is 5.91 Å². The Morgan fingerprint density at radius 2 is 1.80 bits per heavy atom. The minimum Gasteiger partial charge on any atom is -0.507 e. The van der Waals surface area contributed by atoms with E-state index in [1.165, 1.54) is 5.69 Å². The number of unbranched alkanes of at least 4 members (excludes halogenated alkanes) is 2. The van der Waals surface area contributed by atoms with Gasteiger partial charge in [0, 0.05) is 30.3 Å². The number of aromatic nitrogens is 2. The molecule has 0 bridgehead atoms. The number of hydrogen-bond donors (Lipinski definition) is 2. The zero-order chi connectivity index (χ0) is 28.8. The number of rotatable bonds is 11. The fraction of sp³-hybridized carbons (Fsp3) is 0.353. The highest BCUT2D eigenvalue weighted by Gasteiger charge is 2.29. The van der Waals surface area contributed by atoms with E-state index in [0.29, 0.717) is 0 Å². The van der Waals surface area contributed by atoms with Crippen LogP contribution in [-0.4, -0.2) is 39.1 Å². The number of hydrogen-bond acceptors (Lipinski definition) is 5. The Morgan fingerprint density at radius 1 is 1.02 bits per heavy atom. The van der Waals surface area contributed by atoms with Gasteiger partial charge >= 0.3 is 0 Å². The number of imidazole rings is 1. The van der Waals surface area contributed by atoms with E-state index < -0.39 is 5.91 Å². The summed E-state index contributed by atoms with van der Waals surface area (Å²) in [6.07, 6.45) is 6.57. The number of piperidine rings is 1. The van der Waals surface area contributed by atoms with Crippen LogP contribution in [0.15, 0.2) is 72.8 Å². The maximum absolute atomic E-state index is 11.7. The van der Waals surface area contributed by atoms with Crippen LogP contribution in [0.2, 0.25) is 0 Å². The Morgan fingerprint density at radius 3 is 2.49 bits per heavy atom. The maximum Gasteiger partial charge on any atom is 0.252 e. The molecular weight excluding hydrogens is 512 g/mol. The summed E-state index contributed by atoms with van der Waals surface area (Å²) >= 11 is 0. The number of methoxy groups -OCH3 is 1. The summed E-state index contributed by atoms with van der Waals surface area (Å²) < 4.78 is 7.85. The molecule has 2 heterocycles. The summed E-state index contributed by atoms with van der Waals surface area (Å²) in [5.41, 5.74) is 10.9. The van der Waals surface area contributed by atoms with Crippen molar-refractivity contribution in [3.63, 3.8) is 0 Å². The molecule has 1 saturated heterocycles. The van der Waals surface area contributed by atoms with Crippen molar-refractivity contribution >= 4 is 5.91 Å². The lowest BCUT2D eigenvalue weighted by Gasteiger charge is -2.36. The van der Waals surface area contributed by atoms with Crippen LogP contribution in [0.1, 0.15) is 73.1 Å². The number of carbonyl (C=O) groups is 1. The average Bonchev–Trinajstić information content (AvgIpc) is 3.35. The molecule has 0 aliphatic carbocycles. The van der Waals surface area contributed by atoms with Gasteiger partial charge in [-0.05, 0) is 67.8 Å². The van der Waals surface area contributed by atoms with E-state index in [1.54, 1.807) is 19.2 Å². The van der Waals surface area contributed by atoms with Crippen molar-refractivity contribution in [3.05, 3.63) is 89.6 Å². The third kappa shape index (κ3) is 6.30. The molecule has 1 aliphatic rings. The van der Waals surface area contributed by atoms with Crippen molar-refractivity contribution in [3.8, 4) is 34.1 Å². The lowest BCUT2D eigenvalue weighted by atomic mass is 9.93. The van der Waals surface area contributed by atoms with Crippen LogP contribution in [0.5, 0.6) is 11.5 Å². The minimum atomic E-state index is -0.622. The lowest BCUT2D eigenvalue weighted by molar-refractivity contribution is 0.0997. The van der Waals surface area contributed by atoms with Crippen molar-refractivity contribution in [2.24, 2.45) is 5.73 Å². The SMILES string of the molecule is CCCCCn1c(-c2ccccc2)nc(-c2ccc(OC)cc2)c1CN1CCCCC1c1ccc(C(N)=O)c(O)c1. The van der Waals surface area contributed by atoms with E-state index in [-0.39, 0.29) is 17.4 Å². The first kappa shape index (κ1) is 28.4. The molecule has 4 aromatic rings. The summed E-state index contributed by atoms with van der Waals surface area (Å²) in [4.78, 5) is 19.5. The first-order valence-electron chi connectivity index (χ1n) is 14.7. The molecule has 7 heteroatoms. The Kier molecular flexibility index (Phi) is 9.04. The van der Waals surface area contributed by atoms with Crippen LogP contribution in [0.25, 0.3) is 22.6 Å². The van der Waals surface area contributed by atoms with Crippen LogP contribution in [0.3, 0.4) is 0 Å². The van der Waals surface area contributed by atoms with Gasteiger partial charge in [0.05, 0.1) is 24.1 Å². The number of primary amides is 1. The number of nitrogens with zero attached hydrogens (tertiary/aromatic N) is 3. The van der Waals surface area contributed by atoms with E-state index in [1.807, 2.05) is 24.3 Å². The first-order chi connectivity index (χ1) is 20.0. The van der Waals surface area contributed by atoms with Crippen LogP contribution < -0.4 is 10.5 Å². The lowest BCUT2D eigenvalue weighted by Crippen LogP contribution is -2.34. The van der Waals surface area contributed by atoms with Gasteiger partial charge < -0.3 is 20.1 Å². The van der Waals surface area contributed by atoms with E-state index in [2.05, 4.69) is 52.8 Å². The van der Waals surface area contributed by atoms with Crippen LogP contribution in [0, 0.1) is 0 Å². The number of amides is 1. The van der Waals surface area contributed by atoms with Gasteiger partial charge in [0.15, 0.2) is 0 Å². The quantitative estimate of drug-likeness (QED) is 0.196. The molecule has 1 fully saturated rings. The van der Waals surface area contributed by atoms with Crippen LogP contribution in [0.4, 0.5) is 0 Å². The van der Waals surface area contributed by atoms with E-state index >= 15 is 0 Å². The molecule has 0 radical (unpaired) electrons. The Hall–Kier alpha value is -4.10. The van der Waals surface area contributed by atoms with Crippen molar-refractivity contribution < 1.29 is 14.6 Å². The summed E-state index contributed by atoms with van der Waals surface area (Å²) in [6.45, 7) is 4.78. The van der Waals surface area contributed by atoms with Crippen molar-refractivity contribution in [1.29, 1.82) is 0 Å². The van der Waals surface area contributed by atoms with E-state index in [0.717, 1.165) is 92.1 Å². The predicted molar refractivity (Wildman–Crippen MR) is 163 cm³/mol. The Balaban J connectivity index is 1.60. The second-order valence-corrected chi connectivity index (χ2v) is 10.8. The second-order valence-electron chi connectivity index (χ2n) is 10.8. The third-order valence-corrected chi connectivity index (χ3v) is 8.09. The molecular formula is C34H40N4O3. The number of aromatic hydroxyl groups is 1. The van der Waals surface area contributed by atoms with Crippen molar-refractivity contribution in [1.82, 2.24) is 14.5 Å². The molecule has 3 aromatic carbocycles.